The van der Waals surface area contributed by atoms with E-state index in [0.29, 0.717) is 25.5 Å². The number of nitriles is 1. The molecule has 0 fully saturated rings. The van der Waals surface area contributed by atoms with E-state index < -0.39 is 5.97 Å². The molecule has 0 radical (unpaired) electrons. The van der Waals surface area contributed by atoms with Crippen molar-refractivity contribution in [2.75, 3.05) is 0 Å². The summed E-state index contributed by atoms with van der Waals surface area (Å²) < 4.78 is 0.577. The monoisotopic (exact) mass is 310 g/mol. The van der Waals surface area contributed by atoms with Gasteiger partial charge in [-0.05, 0) is 19.1 Å². The Morgan fingerprint density at radius 2 is 2.32 bits per heavy atom. The van der Waals surface area contributed by atoms with Crippen molar-refractivity contribution in [3.63, 3.8) is 0 Å². The minimum Gasteiger partial charge on any atom is -0.477 e. The summed E-state index contributed by atoms with van der Waals surface area (Å²) in [5.74, 6) is -0.992. The van der Waals surface area contributed by atoms with Gasteiger partial charge in [0.15, 0.2) is 4.34 Å². The quantitative estimate of drug-likeness (QED) is 0.932. The lowest BCUT2D eigenvalue weighted by Crippen LogP contribution is -1.94. The molecule has 0 aliphatic heterocycles. The Kier molecular flexibility index (Phi) is 4.10. The number of rotatable bonds is 3. The van der Waals surface area contributed by atoms with Crippen LogP contribution < -0.4 is 0 Å². The molecule has 1 aromatic carbocycles. The highest BCUT2D eigenvalue weighted by Gasteiger charge is 2.16. The molecule has 0 saturated heterocycles. The fourth-order valence-electron chi connectivity index (χ4n) is 1.41. The van der Waals surface area contributed by atoms with Crippen LogP contribution in [0.2, 0.25) is 5.02 Å². The lowest BCUT2D eigenvalue weighted by Gasteiger charge is -2.01. The number of hydrogen-bond acceptors (Lipinski definition) is 5. The maximum absolute atomic E-state index is 11.0. The second-order valence-electron chi connectivity index (χ2n) is 3.53. The number of aryl methyl sites for hydroxylation is 1. The smallest absolute Gasteiger partial charge is 0.347 e. The predicted octanol–water partition coefficient (Wildman–Crippen LogP) is 3.83. The number of thiazole rings is 1. The molecular formula is C12H7ClN2O2S2. The van der Waals surface area contributed by atoms with Crippen LogP contribution in [0.3, 0.4) is 0 Å². The number of carboxylic acid groups (broad SMARTS) is 1. The van der Waals surface area contributed by atoms with E-state index in [1.54, 1.807) is 25.1 Å². The highest BCUT2D eigenvalue weighted by Crippen LogP contribution is 2.36. The fraction of sp³-hybridized carbons (Fsp3) is 0.0833. The molecule has 0 spiro atoms. The molecule has 0 aliphatic rings. The number of aromatic nitrogens is 1. The summed E-state index contributed by atoms with van der Waals surface area (Å²) in [6.07, 6.45) is 0. The highest BCUT2D eigenvalue weighted by atomic mass is 35.5. The number of benzene rings is 1. The Hall–Kier alpha value is -1.55. The minimum absolute atomic E-state index is 0.211. The second kappa shape index (κ2) is 5.61. The van der Waals surface area contributed by atoms with Gasteiger partial charge in [0.2, 0.25) is 0 Å². The average Bonchev–Trinajstić information content (AvgIpc) is 2.71. The summed E-state index contributed by atoms with van der Waals surface area (Å²) >= 11 is 8.27. The zero-order valence-corrected chi connectivity index (χ0v) is 12.1. The van der Waals surface area contributed by atoms with Crippen LogP contribution in [-0.4, -0.2) is 16.1 Å². The van der Waals surface area contributed by atoms with E-state index >= 15 is 0 Å². The Labute approximate surface area is 122 Å². The van der Waals surface area contributed by atoms with Crippen LogP contribution in [0.1, 0.15) is 20.9 Å². The zero-order chi connectivity index (χ0) is 14.0. The van der Waals surface area contributed by atoms with Gasteiger partial charge >= 0.3 is 5.97 Å². The average molecular weight is 311 g/mol. The van der Waals surface area contributed by atoms with E-state index in [9.17, 15) is 4.79 Å². The largest absolute Gasteiger partial charge is 0.477 e. The van der Waals surface area contributed by atoms with Gasteiger partial charge in [0.1, 0.15) is 10.9 Å². The predicted molar refractivity (Wildman–Crippen MR) is 74.1 cm³/mol. The number of carbonyl (C=O) groups is 1. The highest BCUT2D eigenvalue weighted by molar-refractivity contribution is 8.01. The fourth-order valence-corrected chi connectivity index (χ4v) is 3.78. The molecule has 1 aromatic heterocycles. The van der Waals surface area contributed by atoms with Gasteiger partial charge in [0.05, 0.1) is 16.3 Å². The number of aromatic carboxylic acids is 1. The van der Waals surface area contributed by atoms with Gasteiger partial charge in [0.25, 0.3) is 0 Å². The molecule has 4 nitrogen and oxygen atoms in total. The molecule has 7 heteroatoms. The van der Waals surface area contributed by atoms with E-state index in [0.717, 1.165) is 11.3 Å². The summed E-state index contributed by atoms with van der Waals surface area (Å²) in [6, 6.07) is 7.17. The first-order chi connectivity index (χ1) is 9.02. The SMILES string of the molecule is Cc1nc(Sc2cccc(Cl)c2C#N)sc1C(=O)O. The van der Waals surface area contributed by atoms with Crippen molar-refractivity contribution >= 4 is 40.7 Å². The van der Waals surface area contributed by atoms with E-state index in [1.807, 2.05) is 6.07 Å². The van der Waals surface area contributed by atoms with E-state index in [2.05, 4.69) is 4.98 Å². The molecule has 0 saturated carbocycles. The number of hydrogen-bond donors (Lipinski definition) is 1. The van der Waals surface area contributed by atoms with Crippen molar-refractivity contribution in [2.45, 2.75) is 16.2 Å². The first-order valence-electron chi connectivity index (χ1n) is 5.10. The van der Waals surface area contributed by atoms with Crippen molar-refractivity contribution in [3.8, 4) is 6.07 Å². The summed E-state index contributed by atoms with van der Waals surface area (Å²) in [4.78, 5) is 16.0. The van der Waals surface area contributed by atoms with Crippen molar-refractivity contribution in [1.82, 2.24) is 4.98 Å². The van der Waals surface area contributed by atoms with Crippen LogP contribution in [0.15, 0.2) is 27.4 Å². The molecule has 0 atom stereocenters. The standard InChI is InChI=1S/C12H7ClN2O2S2/c1-6-10(11(16)17)19-12(15-6)18-9-4-2-3-8(13)7(9)5-14/h2-4H,1H3,(H,16,17). The van der Waals surface area contributed by atoms with E-state index in [-0.39, 0.29) is 4.88 Å². The van der Waals surface area contributed by atoms with Gasteiger partial charge in [-0.3, -0.25) is 0 Å². The summed E-state index contributed by atoms with van der Waals surface area (Å²) in [7, 11) is 0. The van der Waals surface area contributed by atoms with E-state index in [1.165, 1.54) is 11.8 Å². The molecule has 19 heavy (non-hydrogen) atoms. The summed E-state index contributed by atoms with van der Waals surface area (Å²) in [6.45, 7) is 1.65. The van der Waals surface area contributed by atoms with Crippen LogP contribution in [0.25, 0.3) is 0 Å². The zero-order valence-electron chi connectivity index (χ0n) is 9.68. The lowest BCUT2D eigenvalue weighted by atomic mass is 10.2. The minimum atomic E-state index is -0.992. The van der Waals surface area contributed by atoms with Crippen molar-refractivity contribution < 1.29 is 9.90 Å². The molecule has 1 heterocycles. The van der Waals surface area contributed by atoms with Crippen LogP contribution in [0.5, 0.6) is 0 Å². The summed E-state index contributed by atoms with van der Waals surface area (Å²) in [5.41, 5.74) is 0.847. The van der Waals surface area contributed by atoms with Gasteiger partial charge in [-0.2, -0.15) is 5.26 Å². The van der Waals surface area contributed by atoms with Gasteiger partial charge < -0.3 is 5.11 Å². The van der Waals surface area contributed by atoms with Gasteiger partial charge in [-0.1, -0.05) is 29.4 Å². The van der Waals surface area contributed by atoms with Crippen molar-refractivity contribution in [1.29, 1.82) is 5.26 Å². The molecule has 2 aromatic rings. The van der Waals surface area contributed by atoms with Crippen LogP contribution >= 0.6 is 34.7 Å². The number of carboxylic acids is 1. The first kappa shape index (κ1) is 13.9. The normalized spacial score (nSPS) is 10.2. The maximum atomic E-state index is 11.0. The molecule has 2 rings (SSSR count). The molecule has 0 unspecified atom stereocenters. The van der Waals surface area contributed by atoms with Gasteiger partial charge in [-0.25, -0.2) is 9.78 Å². The number of nitrogens with zero attached hydrogens (tertiary/aromatic N) is 2. The molecule has 0 aliphatic carbocycles. The third-order valence-electron chi connectivity index (χ3n) is 2.26. The van der Waals surface area contributed by atoms with Gasteiger partial charge in [-0.15, -0.1) is 11.3 Å². The molecule has 96 valence electrons. The molecule has 0 bridgehead atoms. The van der Waals surface area contributed by atoms with Crippen molar-refractivity contribution in [2.24, 2.45) is 0 Å². The Bertz CT molecular complexity index is 692. The molecule has 1 N–H and O–H groups in total. The maximum Gasteiger partial charge on any atom is 0.347 e. The van der Waals surface area contributed by atoms with Crippen LogP contribution in [0, 0.1) is 18.3 Å². The van der Waals surface area contributed by atoms with Gasteiger partial charge in [0, 0.05) is 4.90 Å². The molecular weight excluding hydrogens is 304 g/mol. The molecule has 0 amide bonds. The Balaban J connectivity index is 2.37. The third-order valence-corrected chi connectivity index (χ3v) is 4.84. The Morgan fingerprint density at radius 3 is 2.89 bits per heavy atom. The second-order valence-corrected chi connectivity index (χ2v) is 6.22. The third kappa shape index (κ3) is 2.89. The van der Waals surface area contributed by atoms with Crippen LogP contribution in [-0.2, 0) is 0 Å². The summed E-state index contributed by atoms with van der Waals surface area (Å²) in [5, 5.41) is 18.4. The Morgan fingerprint density at radius 1 is 1.58 bits per heavy atom. The van der Waals surface area contributed by atoms with Crippen LogP contribution in [0.4, 0.5) is 0 Å². The topological polar surface area (TPSA) is 74.0 Å². The number of halogens is 1. The first-order valence-corrected chi connectivity index (χ1v) is 7.11. The van der Waals surface area contributed by atoms with Crippen molar-refractivity contribution in [3.05, 3.63) is 39.4 Å². The van der Waals surface area contributed by atoms with E-state index in [4.69, 9.17) is 22.0 Å². The lowest BCUT2D eigenvalue weighted by molar-refractivity contribution is 0.0701.